The Morgan fingerprint density at radius 2 is 1.04 bits per heavy atom. The average molecular weight is 631 g/mol. The van der Waals surface area contributed by atoms with Crippen molar-refractivity contribution in [3.8, 4) is 61.4 Å². The number of ether oxygens (including phenoxy) is 1. The zero-order valence-corrected chi connectivity index (χ0v) is 27.1. The first kappa shape index (κ1) is 29.2. The fourth-order valence-corrected chi connectivity index (χ4v) is 7.81. The molecule has 0 atom stereocenters. The molecule has 234 valence electrons. The lowest BCUT2D eigenvalue weighted by Crippen LogP contribution is -2.03. The molecular weight excluding hydrogens is 597 g/mol. The molecule has 0 radical (unpaired) electrons. The van der Waals surface area contributed by atoms with Gasteiger partial charge in [0.25, 0.3) is 0 Å². The summed E-state index contributed by atoms with van der Waals surface area (Å²) in [6.45, 7) is 0.219. The summed E-state index contributed by atoms with van der Waals surface area (Å²) in [5, 5.41) is 14.5. The van der Waals surface area contributed by atoms with Gasteiger partial charge in [-0.1, -0.05) is 152 Å². The summed E-state index contributed by atoms with van der Waals surface area (Å²) in [5.41, 5.74) is 14.8. The number of hydrogen-bond acceptors (Lipinski definition) is 2. The number of hydrogen-bond donors (Lipinski definition) is 1. The second kappa shape index (κ2) is 12.2. The molecule has 0 fully saturated rings. The Kier molecular flexibility index (Phi) is 7.30. The molecule has 8 aromatic rings. The molecule has 0 saturated heterocycles. The summed E-state index contributed by atoms with van der Waals surface area (Å²) in [4.78, 5) is 0. The van der Waals surface area contributed by atoms with Gasteiger partial charge in [-0.15, -0.1) is 0 Å². The first-order valence-corrected chi connectivity index (χ1v) is 17.0. The lowest BCUT2D eigenvalue weighted by molar-refractivity contribution is 0.202. The standard InChI is InChI=1S/C47H34O2/c48-27-28-49-45-26-23-34(29-43(45)33-11-2-1-3-12-33)38-24-25-42(40-21-9-16-32-14-5-7-19-37(32)40)47-44(38)30-35-17-10-22-41(46(35)47)39-20-8-15-31-13-4-6-18-36(31)39/h1-26,29,48H,27-28,30H2. The number of fused-ring (bicyclic) bond motifs is 5. The van der Waals surface area contributed by atoms with Crippen LogP contribution in [0.15, 0.2) is 164 Å². The molecule has 0 saturated carbocycles. The fourth-order valence-electron chi connectivity index (χ4n) is 7.81. The van der Waals surface area contributed by atoms with E-state index in [1.807, 2.05) is 6.07 Å². The Bertz CT molecular complexity index is 2500. The van der Waals surface area contributed by atoms with Gasteiger partial charge in [0.2, 0.25) is 0 Å². The topological polar surface area (TPSA) is 29.5 Å². The highest BCUT2D eigenvalue weighted by atomic mass is 16.5. The van der Waals surface area contributed by atoms with Crippen molar-refractivity contribution in [1.29, 1.82) is 0 Å². The fraction of sp³-hybridized carbons (Fsp3) is 0.0638. The summed E-state index contributed by atoms with van der Waals surface area (Å²) >= 11 is 0. The van der Waals surface area contributed by atoms with E-state index in [1.54, 1.807) is 0 Å². The van der Waals surface area contributed by atoms with Crippen LogP contribution in [0.5, 0.6) is 5.75 Å². The third-order valence-electron chi connectivity index (χ3n) is 9.96. The molecule has 8 aromatic carbocycles. The molecule has 0 heterocycles. The smallest absolute Gasteiger partial charge is 0.127 e. The Labute approximate surface area is 286 Å². The zero-order chi connectivity index (χ0) is 32.7. The molecule has 9 rings (SSSR count). The van der Waals surface area contributed by atoms with Crippen molar-refractivity contribution >= 4 is 21.5 Å². The molecule has 2 nitrogen and oxygen atoms in total. The minimum Gasteiger partial charge on any atom is -0.491 e. The third-order valence-corrected chi connectivity index (χ3v) is 9.96. The summed E-state index contributed by atoms with van der Waals surface area (Å²) in [6, 6.07) is 59.1. The molecule has 1 aliphatic rings. The van der Waals surface area contributed by atoms with Crippen molar-refractivity contribution in [2.75, 3.05) is 13.2 Å². The Hall–Kier alpha value is -5.96. The Balaban J connectivity index is 1.32. The van der Waals surface area contributed by atoms with Gasteiger partial charge in [0, 0.05) is 5.56 Å². The van der Waals surface area contributed by atoms with Crippen LogP contribution in [0.1, 0.15) is 11.1 Å². The van der Waals surface area contributed by atoms with E-state index in [-0.39, 0.29) is 13.2 Å². The third kappa shape index (κ3) is 5.01. The van der Waals surface area contributed by atoms with Crippen molar-refractivity contribution in [2.45, 2.75) is 6.42 Å². The van der Waals surface area contributed by atoms with Crippen LogP contribution in [0.2, 0.25) is 0 Å². The molecule has 1 N–H and O–H groups in total. The molecule has 1 aliphatic carbocycles. The van der Waals surface area contributed by atoms with E-state index in [0.29, 0.717) is 0 Å². The van der Waals surface area contributed by atoms with E-state index in [9.17, 15) is 5.11 Å². The average Bonchev–Trinajstić information content (AvgIpc) is 3.57. The summed E-state index contributed by atoms with van der Waals surface area (Å²) < 4.78 is 6.04. The summed E-state index contributed by atoms with van der Waals surface area (Å²) in [6.07, 6.45) is 0.848. The SMILES string of the molecule is OCCOc1ccc(-c2ccc(-c3cccc4ccccc34)c3c2Cc2cccc(-c4cccc5ccccc45)c2-3)cc1-c1ccccc1. The van der Waals surface area contributed by atoms with Gasteiger partial charge in [-0.25, -0.2) is 0 Å². The van der Waals surface area contributed by atoms with E-state index in [4.69, 9.17) is 4.74 Å². The molecule has 0 amide bonds. The van der Waals surface area contributed by atoms with Crippen LogP contribution in [0.3, 0.4) is 0 Å². The van der Waals surface area contributed by atoms with Gasteiger partial charge < -0.3 is 9.84 Å². The highest BCUT2D eigenvalue weighted by Crippen LogP contribution is 2.52. The molecule has 0 aliphatic heterocycles. The molecule has 0 aromatic heterocycles. The molecule has 0 spiro atoms. The van der Waals surface area contributed by atoms with E-state index >= 15 is 0 Å². The van der Waals surface area contributed by atoms with Gasteiger partial charge in [0.1, 0.15) is 12.4 Å². The molecule has 0 unspecified atom stereocenters. The van der Waals surface area contributed by atoms with Crippen LogP contribution < -0.4 is 4.74 Å². The maximum Gasteiger partial charge on any atom is 0.127 e. The van der Waals surface area contributed by atoms with Crippen LogP contribution in [-0.2, 0) is 6.42 Å². The Morgan fingerprint density at radius 1 is 0.449 bits per heavy atom. The van der Waals surface area contributed by atoms with Gasteiger partial charge in [0.05, 0.1) is 6.61 Å². The molecule has 0 bridgehead atoms. The van der Waals surface area contributed by atoms with Crippen molar-refractivity contribution in [2.24, 2.45) is 0 Å². The van der Waals surface area contributed by atoms with Crippen molar-refractivity contribution in [3.05, 3.63) is 175 Å². The van der Waals surface area contributed by atoms with Gasteiger partial charge in [-0.05, 0) is 101 Å². The van der Waals surface area contributed by atoms with Gasteiger partial charge in [0.15, 0.2) is 0 Å². The zero-order valence-electron chi connectivity index (χ0n) is 27.1. The van der Waals surface area contributed by atoms with E-state index in [1.165, 1.54) is 71.6 Å². The van der Waals surface area contributed by atoms with Crippen molar-refractivity contribution < 1.29 is 9.84 Å². The lowest BCUT2D eigenvalue weighted by Gasteiger charge is -2.19. The Morgan fingerprint density at radius 3 is 1.76 bits per heavy atom. The predicted molar refractivity (Wildman–Crippen MR) is 204 cm³/mol. The second-order valence-corrected chi connectivity index (χ2v) is 12.7. The quantitative estimate of drug-likeness (QED) is 0.190. The first-order chi connectivity index (χ1) is 24.3. The maximum absolute atomic E-state index is 9.54. The summed E-state index contributed by atoms with van der Waals surface area (Å²) in [7, 11) is 0. The summed E-state index contributed by atoms with van der Waals surface area (Å²) in [5.74, 6) is 0.773. The highest BCUT2D eigenvalue weighted by Gasteiger charge is 2.29. The minimum atomic E-state index is -0.0313. The van der Waals surface area contributed by atoms with Crippen molar-refractivity contribution in [3.63, 3.8) is 0 Å². The van der Waals surface area contributed by atoms with E-state index in [2.05, 4.69) is 158 Å². The van der Waals surface area contributed by atoms with Crippen LogP contribution in [0.25, 0.3) is 77.2 Å². The number of aliphatic hydroxyl groups is 1. The van der Waals surface area contributed by atoms with Crippen LogP contribution in [0, 0.1) is 0 Å². The largest absolute Gasteiger partial charge is 0.491 e. The van der Waals surface area contributed by atoms with E-state index < -0.39 is 0 Å². The number of rotatable bonds is 7. The van der Waals surface area contributed by atoms with Gasteiger partial charge in [-0.2, -0.15) is 0 Å². The van der Waals surface area contributed by atoms with Crippen LogP contribution in [0.4, 0.5) is 0 Å². The van der Waals surface area contributed by atoms with Gasteiger partial charge in [-0.3, -0.25) is 0 Å². The first-order valence-electron chi connectivity index (χ1n) is 17.0. The normalized spacial score (nSPS) is 11.9. The van der Waals surface area contributed by atoms with E-state index in [0.717, 1.165) is 28.9 Å². The number of aliphatic hydroxyl groups excluding tert-OH is 1. The van der Waals surface area contributed by atoms with Crippen molar-refractivity contribution in [1.82, 2.24) is 0 Å². The minimum absolute atomic E-state index is 0.0313. The molecular formula is C47H34O2. The lowest BCUT2D eigenvalue weighted by atomic mass is 9.84. The molecule has 49 heavy (non-hydrogen) atoms. The van der Waals surface area contributed by atoms with Crippen LogP contribution >= 0.6 is 0 Å². The predicted octanol–water partition coefficient (Wildman–Crippen LogP) is 11.6. The maximum atomic E-state index is 9.54. The monoisotopic (exact) mass is 630 g/mol. The number of benzene rings is 8. The molecule has 2 heteroatoms. The second-order valence-electron chi connectivity index (χ2n) is 12.7. The van der Waals surface area contributed by atoms with Gasteiger partial charge >= 0.3 is 0 Å². The van der Waals surface area contributed by atoms with Crippen LogP contribution in [-0.4, -0.2) is 18.3 Å². The highest BCUT2D eigenvalue weighted by molar-refractivity contribution is 6.08.